The van der Waals surface area contributed by atoms with E-state index in [0.717, 1.165) is 12.8 Å². The molecule has 2 heteroatoms. The monoisotopic (exact) mass is 310 g/mol. The van der Waals surface area contributed by atoms with Crippen molar-refractivity contribution in [3.05, 3.63) is 62.5 Å². The van der Waals surface area contributed by atoms with Crippen LogP contribution in [0.4, 0.5) is 0 Å². The van der Waals surface area contributed by atoms with Gasteiger partial charge in [-0.2, -0.15) is 12.2 Å². The SMILES string of the molecule is CC1=[C-]CC=C1.CC1=[C-]CC=C1.[CH3-].[CH3-].[H-].[H-].[SiH2]=[Zr]. The van der Waals surface area contributed by atoms with Crippen molar-refractivity contribution in [2.24, 2.45) is 0 Å². The number of hydrogen-bond acceptors (Lipinski definition) is 0. The molecule has 2 rings (SSSR count). The number of rotatable bonds is 0. The van der Waals surface area contributed by atoms with Crippen LogP contribution >= 0.6 is 0 Å². The van der Waals surface area contributed by atoms with Gasteiger partial charge in [0, 0.05) is 0 Å². The third-order valence-electron chi connectivity index (χ3n) is 1.73. The van der Waals surface area contributed by atoms with E-state index >= 15 is 0 Å². The van der Waals surface area contributed by atoms with Crippen LogP contribution in [0.3, 0.4) is 0 Å². The summed E-state index contributed by atoms with van der Waals surface area (Å²) in [5.74, 6) is 0. The summed E-state index contributed by atoms with van der Waals surface area (Å²) in [6.45, 7) is 6.07. The van der Waals surface area contributed by atoms with Crippen molar-refractivity contribution in [1.82, 2.24) is 0 Å². The fourth-order valence-electron chi connectivity index (χ4n) is 1.03. The Labute approximate surface area is 122 Å². The molecule has 0 bridgehead atoms. The molecular formula is C14H24SiZr-6. The molecule has 0 saturated heterocycles. The molecule has 0 aromatic carbocycles. The van der Waals surface area contributed by atoms with Crippen LogP contribution in [-0.4, -0.2) is 6.88 Å². The van der Waals surface area contributed by atoms with Gasteiger partial charge in [0.05, 0.1) is 0 Å². The summed E-state index contributed by atoms with van der Waals surface area (Å²) in [5.41, 5.74) is 2.55. The van der Waals surface area contributed by atoms with Gasteiger partial charge >= 0.3 is 30.2 Å². The normalized spacial score (nSPS) is 14.1. The first-order valence-electron chi connectivity index (χ1n) is 4.62. The Bertz CT molecular complexity index is 248. The fourth-order valence-corrected chi connectivity index (χ4v) is 1.03. The zero-order chi connectivity index (χ0) is 10.8. The van der Waals surface area contributed by atoms with Gasteiger partial charge in [0.2, 0.25) is 0 Å². The van der Waals surface area contributed by atoms with Gasteiger partial charge in [-0.15, -0.1) is 12.8 Å². The molecule has 0 amide bonds. The Hall–Kier alpha value is 0.0600. The van der Waals surface area contributed by atoms with E-state index in [0.29, 0.717) is 0 Å². The topological polar surface area (TPSA) is 0 Å². The van der Waals surface area contributed by atoms with Crippen molar-refractivity contribution in [1.29, 1.82) is 0 Å². The molecule has 2 aliphatic rings. The van der Waals surface area contributed by atoms with Gasteiger partial charge in [0.25, 0.3) is 0 Å². The standard InChI is InChI=1S/2C6H7.2CH3.H2Si.Zr.2H/c2*1-6-4-2-3-5-6;;;;;;/h2*2,4H,3H2,1H3;2*1H3;1H2;;;/q4*-1;;;2*-1. The molecule has 0 nitrogen and oxygen atoms in total. The van der Waals surface area contributed by atoms with Crippen molar-refractivity contribution < 1.29 is 26.2 Å². The third kappa shape index (κ3) is 12.1. The summed E-state index contributed by atoms with van der Waals surface area (Å²) in [6, 6.07) is 0. The summed E-state index contributed by atoms with van der Waals surface area (Å²) in [5, 5.41) is 0. The van der Waals surface area contributed by atoms with Gasteiger partial charge in [-0.05, 0) is 0 Å². The summed E-state index contributed by atoms with van der Waals surface area (Å²) in [4.78, 5) is 0. The maximum atomic E-state index is 3.12. The van der Waals surface area contributed by atoms with Gasteiger partial charge in [-0.1, -0.05) is 13.8 Å². The van der Waals surface area contributed by atoms with Gasteiger partial charge in [0.15, 0.2) is 0 Å². The first kappa shape index (κ1) is 21.4. The van der Waals surface area contributed by atoms with Crippen LogP contribution < -0.4 is 0 Å². The summed E-state index contributed by atoms with van der Waals surface area (Å²) in [6.07, 6.45) is 16.7. The van der Waals surface area contributed by atoms with E-state index in [1.807, 2.05) is 6.88 Å². The molecule has 0 aliphatic heterocycles. The van der Waals surface area contributed by atoms with Crippen molar-refractivity contribution in [3.8, 4) is 0 Å². The Morgan fingerprint density at radius 1 is 1.00 bits per heavy atom. The van der Waals surface area contributed by atoms with E-state index in [9.17, 15) is 0 Å². The quantitative estimate of drug-likeness (QED) is 0.474. The van der Waals surface area contributed by atoms with Gasteiger partial charge in [0.1, 0.15) is 0 Å². The molecule has 2 aliphatic carbocycles. The summed E-state index contributed by atoms with van der Waals surface area (Å²) >= 11 is 1.58. The van der Waals surface area contributed by atoms with E-state index in [2.05, 4.69) is 50.3 Å². The van der Waals surface area contributed by atoms with Gasteiger partial charge in [-0.25, -0.2) is 23.3 Å². The molecule has 0 aromatic rings. The van der Waals surface area contributed by atoms with E-state index in [-0.39, 0.29) is 17.7 Å². The molecular weight excluding hydrogens is 287 g/mol. The average Bonchev–Trinajstić information content (AvgIpc) is 2.83. The average molecular weight is 312 g/mol. The van der Waals surface area contributed by atoms with Crippen molar-refractivity contribution in [2.45, 2.75) is 26.7 Å². The molecule has 0 spiro atoms. The Balaban J connectivity index is -0.0000000460. The van der Waals surface area contributed by atoms with Crippen LogP contribution in [-0.2, 0) is 23.3 Å². The molecule has 0 unspecified atom stereocenters. The van der Waals surface area contributed by atoms with E-state index in [1.165, 1.54) is 11.1 Å². The van der Waals surface area contributed by atoms with Gasteiger partial charge in [-0.3, -0.25) is 12.2 Å². The molecule has 0 N–H and O–H groups in total. The Morgan fingerprint density at radius 3 is 1.38 bits per heavy atom. The second kappa shape index (κ2) is 15.1. The van der Waals surface area contributed by atoms with E-state index in [1.54, 1.807) is 23.3 Å². The fraction of sp³-hybridized carbons (Fsp3) is 0.286. The van der Waals surface area contributed by atoms with E-state index in [4.69, 9.17) is 0 Å². The predicted octanol–water partition coefficient (Wildman–Crippen LogP) is 3.60. The summed E-state index contributed by atoms with van der Waals surface area (Å²) < 4.78 is 0. The minimum absolute atomic E-state index is 0. The Morgan fingerprint density at radius 2 is 1.31 bits per heavy atom. The van der Waals surface area contributed by atoms with Crippen molar-refractivity contribution in [2.75, 3.05) is 0 Å². The van der Waals surface area contributed by atoms with Crippen molar-refractivity contribution >= 4 is 6.88 Å². The molecule has 0 atom stereocenters. The minimum atomic E-state index is 0. The molecule has 0 fully saturated rings. The van der Waals surface area contributed by atoms with Crippen LogP contribution in [0.15, 0.2) is 35.5 Å². The first-order chi connectivity index (χ1) is 6.79. The zero-order valence-corrected chi connectivity index (χ0v) is 14.8. The van der Waals surface area contributed by atoms with Crippen LogP contribution in [0.1, 0.15) is 29.5 Å². The summed E-state index contributed by atoms with van der Waals surface area (Å²) in [7, 11) is 0. The molecule has 0 heterocycles. The van der Waals surface area contributed by atoms with Crippen molar-refractivity contribution in [3.63, 3.8) is 0 Å². The first-order valence-corrected chi connectivity index (χ1v) is 10.5. The maximum absolute atomic E-state index is 3.12. The van der Waals surface area contributed by atoms with Crippen LogP contribution in [0.2, 0.25) is 0 Å². The second-order valence-corrected chi connectivity index (χ2v) is 2.93. The van der Waals surface area contributed by atoms with Crippen LogP contribution in [0.25, 0.3) is 0 Å². The molecule has 16 heavy (non-hydrogen) atoms. The molecule has 94 valence electrons. The molecule has 0 radical (unpaired) electrons. The van der Waals surface area contributed by atoms with Crippen LogP contribution in [0.5, 0.6) is 0 Å². The van der Waals surface area contributed by atoms with Gasteiger partial charge < -0.3 is 17.7 Å². The Kier molecular flexibility index (Phi) is 20.1. The van der Waals surface area contributed by atoms with Crippen LogP contribution in [0, 0.1) is 27.0 Å². The third-order valence-corrected chi connectivity index (χ3v) is 1.73. The molecule has 0 aromatic heterocycles. The predicted molar refractivity (Wildman–Crippen MR) is 76.0 cm³/mol. The van der Waals surface area contributed by atoms with E-state index < -0.39 is 0 Å². The number of allylic oxidation sites excluding steroid dienone is 8. The number of hydrogen-bond donors (Lipinski definition) is 0. The molecule has 0 saturated carbocycles. The second-order valence-electron chi connectivity index (χ2n) is 2.93. The zero-order valence-electron chi connectivity index (χ0n) is 12.9.